The zero-order valence-electron chi connectivity index (χ0n) is 3.73. The molecule has 0 unspecified atom stereocenters. The molecule has 0 saturated heterocycles. The maximum absolute atomic E-state index is 11.1. The summed E-state index contributed by atoms with van der Waals surface area (Å²) in [6.07, 6.45) is -3.08. The SMILES string of the molecule is O=C(OCCl)C(F)F. The maximum Gasteiger partial charge on any atom is 0.375 e. The molecule has 0 fully saturated rings. The summed E-state index contributed by atoms with van der Waals surface area (Å²) in [7, 11) is 0. The van der Waals surface area contributed by atoms with Crippen LogP contribution < -0.4 is 0 Å². The van der Waals surface area contributed by atoms with Crippen LogP contribution in [-0.2, 0) is 9.53 Å². The van der Waals surface area contributed by atoms with Crippen LogP contribution in [0.5, 0.6) is 0 Å². The molecule has 0 aromatic heterocycles. The summed E-state index contributed by atoms with van der Waals surface area (Å²) in [5.41, 5.74) is 0. The summed E-state index contributed by atoms with van der Waals surface area (Å²) in [5.74, 6) is -1.58. The Hall–Kier alpha value is -0.380. The van der Waals surface area contributed by atoms with Crippen LogP contribution in [0.4, 0.5) is 8.78 Å². The van der Waals surface area contributed by atoms with Crippen molar-refractivity contribution in [2.75, 3.05) is 6.07 Å². The van der Waals surface area contributed by atoms with Crippen molar-refractivity contribution in [3.8, 4) is 0 Å². The summed E-state index contributed by atoms with van der Waals surface area (Å²) >= 11 is 4.76. The lowest BCUT2D eigenvalue weighted by molar-refractivity contribution is -0.154. The predicted octanol–water partition coefficient (Wildman–Crippen LogP) is 0.991. The van der Waals surface area contributed by atoms with Crippen LogP contribution in [0.1, 0.15) is 0 Å². The largest absolute Gasteiger partial charge is 0.445 e. The third-order valence-corrected chi connectivity index (χ3v) is 0.484. The van der Waals surface area contributed by atoms with E-state index in [2.05, 4.69) is 4.74 Å². The molecule has 0 N–H and O–H groups in total. The molecule has 0 aliphatic heterocycles. The second-order valence-corrected chi connectivity index (χ2v) is 1.09. The van der Waals surface area contributed by atoms with E-state index in [-0.39, 0.29) is 0 Å². The Morgan fingerprint density at radius 3 is 2.38 bits per heavy atom. The average Bonchev–Trinajstić information content (AvgIpc) is 1.67. The van der Waals surface area contributed by atoms with Crippen molar-refractivity contribution in [1.29, 1.82) is 0 Å². The first-order valence-electron chi connectivity index (χ1n) is 1.69. The number of esters is 1. The average molecular weight is 145 g/mol. The molecule has 0 amide bonds. The second-order valence-electron chi connectivity index (χ2n) is 0.873. The molecule has 0 heterocycles. The van der Waals surface area contributed by atoms with Gasteiger partial charge in [0, 0.05) is 0 Å². The molecule has 0 spiro atoms. The van der Waals surface area contributed by atoms with E-state index < -0.39 is 18.5 Å². The van der Waals surface area contributed by atoms with E-state index in [0.717, 1.165) is 0 Å². The normalized spacial score (nSPS) is 9.50. The first-order valence-corrected chi connectivity index (χ1v) is 2.22. The highest BCUT2D eigenvalue weighted by Gasteiger charge is 2.15. The molecule has 5 heteroatoms. The highest BCUT2D eigenvalue weighted by Crippen LogP contribution is 1.95. The number of halogens is 3. The summed E-state index contributed by atoms with van der Waals surface area (Å²) in [4.78, 5) is 9.69. The van der Waals surface area contributed by atoms with Gasteiger partial charge in [0.25, 0.3) is 0 Å². The van der Waals surface area contributed by atoms with Crippen LogP contribution in [0.2, 0.25) is 0 Å². The molecule has 2 nitrogen and oxygen atoms in total. The Kier molecular flexibility index (Phi) is 3.43. The van der Waals surface area contributed by atoms with Gasteiger partial charge in [-0.1, -0.05) is 11.6 Å². The number of rotatable bonds is 2. The minimum atomic E-state index is -3.08. The van der Waals surface area contributed by atoms with Gasteiger partial charge >= 0.3 is 12.4 Å². The standard InChI is InChI=1S/C3H3ClF2O2/c4-1-8-3(7)2(5)6/h2H,1H2. The van der Waals surface area contributed by atoms with Crippen molar-refractivity contribution in [3.05, 3.63) is 0 Å². The van der Waals surface area contributed by atoms with Gasteiger partial charge in [0.05, 0.1) is 0 Å². The van der Waals surface area contributed by atoms with Gasteiger partial charge in [-0.25, -0.2) is 4.79 Å². The van der Waals surface area contributed by atoms with Crippen molar-refractivity contribution >= 4 is 17.6 Å². The Balaban J connectivity index is 3.33. The molecule has 0 aliphatic carbocycles. The number of ether oxygens (including phenoxy) is 1. The van der Waals surface area contributed by atoms with E-state index in [0.29, 0.717) is 0 Å². The van der Waals surface area contributed by atoms with E-state index in [9.17, 15) is 13.6 Å². The minimum absolute atomic E-state index is 0.525. The van der Waals surface area contributed by atoms with Crippen molar-refractivity contribution < 1.29 is 18.3 Å². The van der Waals surface area contributed by atoms with Gasteiger partial charge in [0.15, 0.2) is 6.07 Å². The highest BCUT2D eigenvalue weighted by atomic mass is 35.5. The maximum atomic E-state index is 11.1. The van der Waals surface area contributed by atoms with Crippen LogP contribution in [0, 0.1) is 0 Å². The first kappa shape index (κ1) is 7.62. The quantitative estimate of drug-likeness (QED) is 0.427. The van der Waals surface area contributed by atoms with Crippen molar-refractivity contribution in [2.45, 2.75) is 6.43 Å². The number of alkyl halides is 3. The Morgan fingerprint density at radius 1 is 1.75 bits per heavy atom. The fraction of sp³-hybridized carbons (Fsp3) is 0.667. The smallest absolute Gasteiger partial charge is 0.375 e. The Labute approximate surface area is 49.4 Å². The van der Waals surface area contributed by atoms with E-state index in [1.54, 1.807) is 0 Å². The molecular formula is C3H3ClF2O2. The predicted molar refractivity (Wildman–Crippen MR) is 22.8 cm³/mol. The lowest BCUT2D eigenvalue weighted by atomic mass is 10.7. The summed E-state index contributed by atoms with van der Waals surface area (Å²) in [6, 6.07) is -0.525. The summed E-state index contributed by atoms with van der Waals surface area (Å²) in [6.45, 7) is 0. The van der Waals surface area contributed by atoms with E-state index in [1.807, 2.05) is 0 Å². The molecule has 0 radical (unpaired) electrons. The number of carbonyl (C=O) groups excluding carboxylic acids is 1. The molecule has 0 atom stereocenters. The van der Waals surface area contributed by atoms with Gasteiger partial charge in [0.2, 0.25) is 0 Å². The van der Waals surface area contributed by atoms with Crippen LogP contribution in [0.15, 0.2) is 0 Å². The fourth-order valence-corrected chi connectivity index (χ4v) is 0.224. The zero-order valence-corrected chi connectivity index (χ0v) is 4.49. The van der Waals surface area contributed by atoms with Crippen molar-refractivity contribution in [1.82, 2.24) is 0 Å². The highest BCUT2D eigenvalue weighted by molar-refractivity contribution is 6.17. The third-order valence-electron chi connectivity index (χ3n) is 0.375. The molecule has 0 saturated carbocycles. The lowest BCUT2D eigenvalue weighted by Gasteiger charge is -1.95. The van der Waals surface area contributed by atoms with E-state index in [4.69, 9.17) is 11.6 Å². The van der Waals surface area contributed by atoms with Gasteiger partial charge in [-0.15, -0.1) is 0 Å². The number of hydrogen-bond donors (Lipinski definition) is 0. The van der Waals surface area contributed by atoms with Gasteiger partial charge < -0.3 is 4.74 Å². The van der Waals surface area contributed by atoms with Gasteiger partial charge in [-0.3, -0.25) is 0 Å². The second kappa shape index (κ2) is 3.60. The molecule has 8 heavy (non-hydrogen) atoms. The Morgan fingerprint density at radius 2 is 2.25 bits per heavy atom. The molecule has 48 valence electrons. The summed E-state index contributed by atoms with van der Waals surface area (Å²) < 4.78 is 25.8. The number of carbonyl (C=O) groups is 1. The van der Waals surface area contributed by atoms with E-state index >= 15 is 0 Å². The van der Waals surface area contributed by atoms with Gasteiger partial charge in [-0.05, 0) is 0 Å². The molecule has 0 aromatic rings. The van der Waals surface area contributed by atoms with Gasteiger partial charge in [0.1, 0.15) is 0 Å². The third kappa shape index (κ3) is 2.74. The molecule has 0 bridgehead atoms. The zero-order chi connectivity index (χ0) is 6.57. The molecule has 0 aromatic carbocycles. The monoisotopic (exact) mass is 144 g/mol. The van der Waals surface area contributed by atoms with Crippen LogP contribution in [-0.4, -0.2) is 18.5 Å². The molecule has 0 aliphatic rings. The lowest BCUT2D eigenvalue weighted by Crippen LogP contribution is -2.12. The Bertz CT molecular complexity index is 85.4. The fourth-order valence-electron chi connectivity index (χ4n) is 0.117. The van der Waals surface area contributed by atoms with Crippen LogP contribution in [0.3, 0.4) is 0 Å². The van der Waals surface area contributed by atoms with Crippen molar-refractivity contribution in [2.24, 2.45) is 0 Å². The summed E-state index contributed by atoms with van der Waals surface area (Å²) in [5, 5.41) is 0. The topological polar surface area (TPSA) is 26.3 Å². The van der Waals surface area contributed by atoms with E-state index in [1.165, 1.54) is 0 Å². The molecule has 0 rings (SSSR count). The first-order chi connectivity index (χ1) is 3.68. The molecular weight excluding hydrogens is 141 g/mol. The number of hydrogen-bond acceptors (Lipinski definition) is 2. The van der Waals surface area contributed by atoms with Crippen molar-refractivity contribution in [3.63, 3.8) is 0 Å². The van der Waals surface area contributed by atoms with Crippen LogP contribution >= 0.6 is 11.6 Å². The minimum Gasteiger partial charge on any atom is -0.445 e. The van der Waals surface area contributed by atoms with Crippen LogP contribution in [0.25, 0.3) is 0 Å². The van der Waals surface area contributed by atoms with Gasteiger partial charge in [-0.2, -0.15) is 8.78 Å².